The van der Waals surface area contributed by atoms with Crippen molar-refractivity contribution < 1.29 is 14.3 Å². The van der Waals surface area contributed by atoms with E-state index in [1.165, 1.54) is 18.9 Å². The first-order valence-corrected chi connectivity index (χ1v) is 5.95. The maximum absolute atomic E-state index is 11.0. The zero-order valence-corrected chi connectivity index (χ0v) is 9.93. The molecule has 0 radical (unpaired) electrons. The SMILES string of the molecule is CCNC(=O)CSCCC(N)C(=O)OC. The van der Waals surface area contributed by atoms with Crippen LogP contribution in [0.4, 0.5) is 0 Å². The van der Waals surface area contributed by atoms with Gasteiger partial charge >= 0.3 is 5.97 Å². The molecule has 0 rings (SSSR count). The minimum absolute atomic E-state index is 0.00846. The Morgan fingerprint density at radius 3 is 2.73 bits per heavy atom. The number of amides is 1. The number of nitrogens with two attached hydrogens (primary N) is 1. The summed E-state index contributed by atoms with van der Waals surface area (Å²) in [7, 11) is 1.31. The van der Waals surface area contributed by atoms with Crippen LogP contribution in [-0.4, -0.2) is 43.1 Å². The molecule has 0 saturated carbocycles. The van der Waals surface area contributed by atoms with Crippen LogP contribution < -0.4 is 11.1 Å². The molecule has 1 atom stereocenters. The fraction of sp³-hybridized carbons (Fsp3) is 0.778. The van der Waals surface area contributed by atoms with E-state index < -0.39 is 12.0 Å². The van der Waals surface area contributed by atoms with Crippen molar-refractivity contribution in [1.29, 1.82) is 0 Å². The smallest absolute Gasteiger partial charge is 0.322 e. The number of nitrogens with one attached hydrogen (secondary N) is 1. The molecule has 0 heterocycles. The molecule has 15 heavy (non-hydrogen) atoms. The lowest BCUT2D eigenvalue weighted by Crippen LogP contribution is -2.32. The molecule has 0 aliphatic rings. The van der Waals surface area contributed by atoms with E-state index in [0.29, 0.717) is 24.5 Å². The van der Waals surface area contributed by atoms with Gasteiger partial charge in [-0.25, -0.2) is 0 Å². The Hall–Kier alpha value is -0.750. The van der Waals surface area contributed by atoms with Gasteiger partial charge in [0.2, 0.25) is 5.91 Å². The van der Waals surface area contributed by atoms with Crippen molar-refractivity contribution >= 4 is 23.6 Å². The minimum atomic E-state index is -0.586. The van der Waals surface area contributed by atoms with Crippen LogP contribution >= 0.6 is 11.8 Å². The summed E-state index contributed by atoms with van der Waals surface area (Å²) < 4.78 is 4.48. The predicted molar refractivity (Wildman–Crippen MR) is 60.6 cm³/mol. The van der Waals surface area contributed by atoms with E-state index in [1.54, 1.807) is 0 Å². The molecule has 0 aromatic heterocycles. The van der Waals surface area contributed by atoms with Gasteiger partial charge in [0.05, 0.1) is 12.9 Å². The fourth-order valence-electron chi connectivity index (χ4n) is 0.893. The molecular weight excluding hydrogens is 216 g/mol. The number of esters is 1. The van der Waals surface area contributed by atoms with Crippen molar-refractivity contribution in [3.8, 4) is 0 Å². The second-order valence-corrected chi connectivity index (χ2v) is 4.03. The van der Waals surface area contributed by atoms with Crippen LogP contribution in [0.25, 0.3) is 0 Å². The Morgan fingerprint density at radius 2 is 2.20 bits per heavy atom. The minimum Gasteiger partial charge on any atom is -0.468 e. The summed E-state index contributed by atoms with van der Waals surface area (Å²) in [5.74, 6) is 0.678. The molecule has 88 valence electrons. The first kappa shape index (κ1) is 14.2. The van der Waals surface area contributed by atoms with Crippen LogP contribution in [0.2, 0.25) is 0 Å². The second kappa shape index (κ2) is 8.55. The van der Waals surface area contributed by atoms with Crippen molar-refractivity contribution in [2.24, 2.45) is 5.73 Å². The molecule has 5 nitrogen and oxygen atoms in total. The van der Waals surface area contributed by atoms with Crippen molar-refractivity contribution in [2.45, 2.75) is 19.4 Å². The molecule has 0 aliphatic heterocycles. The van der Waals surface area contributed by atoms with Crippen molar-refractivity contribution in [3.63, 3.8) is 0 Å². The number of hydrogen-bond acceptors (Lipinski definition) is 5. The summed E-state index contributed by atoms with van der Waals surface area (Å²) in [6.45, 7) is 2.51. The maximum atomic E-state index is 11.0. The molecule has 0 bridgehead atoms. The third-order valence-corrected chi connectivity index (χ3v) is 2.67. The molecule has 0 aromatic rings. The van der Waals surface area contributed by atoms with Gasteiger partial charge in [-0.1, -0.05) is 0 Å². The van der Waals surface area contributed by atoms with Crippen molar-refractivity contribution in [2.75, 3.05) is 25.2 Å². The van der Waals surface area contributed by atoms with Gasteiger partial charge in [-0.05, 0) is 19.1 Å². The van der Waals surface area contributed by atoms with E-state index in [0.717, 1.165) is 0 Å². The topological polar surface area (TPSA) is 81.4 Å². The number of thioether (sulfide) groups is 1. The van der Waals surface area contributed by atoms with Crippen molar-refractivity contribution in [1.82, 2.24) is 5.32 Å². The summed E-state index contributed by atoms with van der Waals surface area (Å²) in [5, 5.41) is 2.68. The summed E-state index contributed by atoms with van der Waals surface area (Å²) >= 11 is 1.46. The molecule has 1 unspecified atom stereocenters. The molecule has 0 aromatic carbocycles. The zero-order valence-electron chi connectivity index (χ0n) is 9.12. The highest BCUT2D eigenvalue weighted by Crippen LogP contribution is 2.04. The second-order valence-electron chi connectivity index (χ2n) is 2.92. The summed E-state index contributed by atoms with van der Waals surface area (Å²) in [5.41, 5.74) is 5.51. The molecule has 6 heteroatoms. The normalized spacial score (nSPS) is 11.9. The molecule has 0 aliphatic carbocycles. The Balaban J connectivity index is 3.46. The number of hydrogen-bond donors (Lipinski definition) is 2. The molecule has 0 fully saturated rings. The third-order valence-electron chi connectivity index (χ3n) is 1.68. The lowest BCUT2D eigenvalue weighted by Gasteiger charge is -2.08. The van der Waals surface area contributed by atoms with Gasteiger partial charge in [-0.3, -0.25) is 9.59 Å². The first-order chi connectivity index (χ1) is 7.11. The van der Waals surface area contributed by atoms with Gasteiger partial charge in [0.1, 0.15) is 6.04 Å². The van der Waals surface area contributed by atoms with Crippen LogP contribution in [0.1, 0.15) is 13.3 Å². The molecule has 0 spiro atoms. The Morgan fingerprint density at radius 1 is 1.53 bits per heavy atom. The van der Waals surface area contributed by atoms with E-state index in [-0.39, 0.29) is 5.91 Å². The first-order valence-electron chi connectivity index (χ1n) is 4.79. The third kappa shape index (κ3) is 7.21. The van der Waals surface area contributed by atoms with Crippen LogP contribution in [0.3, 0.4) is 0 Å². The van der Waals surface area contributed by atoms with Crippen LogP contribution in [0.15, 0.2) is 0 Å². The summed E-state index contributed by atoms with van der Waals surface area (Å²) in [6.07, 6.45) is 0.525. The average molecular weight is 234 g/mol. The van der Waals surface area contributed by atoms with Gasteiger partial charge in [-0.2, -0.15) is 11.8 Å². The molecule has 0 saturated heterocycles. The quantitative estimate of drug-likeness (QED) is 0.469. The lowest BCUT2D eigenvalue weighted by atomic mass is 10.2. The number of methoxy groups -OCH3 is 1. The van der Waals surface area contributed by atoms with E-state index in [2.05, 4.69) is 10.1 Å². The van der Waals surface area contributed by atoms with Crippen LogP contribution in [-0.2, 0) is 14.3 Å². The summed E-state index contributed by atoms with van der Waals surface area (Å²) in [6, 6.07) is -0.586. The highest BCUT2D eigenvalue weighted by molar-refractivity contribution is 7.99. The lowest BCUT2D eigenvalue weighted by molar-refractivity contribution is -0.142. The average Bonchev–Trinajstić information content (AvgIpc) is 2.23. The van der Waals surface area contributed by atoms with E-state index >= 15 is 0 Å². The van der Waals surface area contributed by atoms with Crippen LogP contribution in [0, 0.1) is 0 Å². The largest absolute Gasteiger partial charge is 0.468 e. The number of carbonyl (C=O) groups excluding carboxylic acids is 2. The molecule has 1 amide bonds. The molecular formula is C9H18N2O3S. The Labute approximate surface area is 94.1 Å². The summed E-state index contributed by atoms with van der Waals surface area (Å²) in [4.78, 5) is 21.9. The number of ether oxygens (including phenoxy) is 1. The van der Waals surface area contributed by atoms with Gasteiger partial charge < -0.3 is 15.8 Å². The van der Waals surface area contributed by atoms with Crippen LogP contribution in [0.5, 0.6) is 0 Å². The highest BCUT2D eigenvalue weighted by atomic mass is 32.2. The van der Waals surface area contributed by atoms with Gasteiger partial charge in [-0.15, -0.1) is 0 Å². The monoisotopic (exact) mass is 234 g/mol. The molecule has 3 N–H and O–H groups in total. The standard InChI is InChI=1S/C9H18N2O3S/c1-3-11-8(12)6-15-5-4-7(10)9(13)14-2/h7H,3-6,10H2,1-2H3,(H,11,12). The maximum Gasteiger partial charge on any atom is 0.322 e. The van der Waals surface area contributed by atoms with E-state index in [4.69, 9.17) is 5.73 Å². The van der Waals surface area contributed by atoms with E-state index in [1.807, 2.05) is 6.92 Å². The Kier molecular flexibility index (Phi) is 8.12. The Bertz CT molecular complexity index is 212. The number of carbonyl (C=O) groups is 2. The predicted octanol–water partition coefficient (Wildman–Crippen LogP) is -0.254. The fourth-order valence-corrected chi connectivity index (χ4v) is 1.74. The highest BCUT2D eigenvalue weighted by Gasteiger charge is 2.12. The van der Waals surface area contributed by atoms with Gasteiger partial charge in [0.25, 0.3) is 0 Å². The van der Waals surface area contributed by atoms with E-state index in [9.17, 15) is 9.59 Å². The number of rotatable bonds is 7. The van der Waals surface area contributed by atoms with Crippen molar-refractivity contribution in [3.05, 3.63) is 0 Å². The van der Waals surface area contributed by atoms with Gasteiger partial charge in [0.15, 0.2) is 0 Å². The van der Waals surface area contributed by atoms with Gasteiger partial charge in [0, 0.05) is 6.54 Å². The zero-order chi connectivity index (χ0) is 11.7.